The van der Waals surface area contributed by atoms with Crippen molar-refractivity contribution in [1.82, 2.24) is 0 Å². The third-order valence-electron chi connectivity index (χ3n) is 9.72. The highest BCUT2D eigenvalue weighted by Gasteiger charge is 2.18. The summed E-state index contributed by atoms with van der Waals surface area (Å²) in [6.07, 6.45) is 0. The molecule has 0 aliphatic carbocycles. The standard InChI is InChI=1S/C54H38O4/c1-4-18-39(19-5-1)48-30-10-11-31-49(48)43-23-16-29-47(38-43)55-46-28-15-21-41(37-46)40-20-14-22-42(36-40)50-32-17-35-53(57-45-26-8-3-9-27-45)54(50)58-52-34-13-12-33-51(52)56-44-24-6-2-7-25-44/h1-38H. The molecule has 0 spiro atoms. The minimum Gasteiger partial charge on any atom is -0.457 e. The quantitative estimate of drug-likeness (QED) is 0.125. The lowest BCUT2D eigenvalue weighted by Crippen LogP contribution is -1.96. The van der Waals surface area contributed by atoms with Gasteiger partial charge in [-0.1, -0.05) is 158 Å². The van der Waals surface area contributed by atoms with Crippen molar-refractivity contribution in [2.24, 2.45) is 0 Å². The summed E-state index contributed by atoms with van der Waals surface area (Å²) in [4.78, 5) is 0. The van der Waals surface area contributed by atoms with E-state index < -0.39 is 0 Å². The Morgan fingerprint density at radius 1 is 0.207 bits per heavy atom. The van der Waals surface area contributed by atoms with Crippen molar-refractivity contribution < 1.29 is 18.9 Å². The topological polar surface area (TPSA) is 36.9 Å². The minimum absolute atomic E-state index is 0.561. The van der Waals surface area contributed by atoms with Crippen LogP contribution in [-0.2, 0) is 0 Å². The molecule has 278 valence electrons. The summed E-state index contributed by atoms with van der Waals surface area (Å²) < 4.78 is 26.1. The second kappa shape index (κ2) is 16.9. The van der Waals surface area contributed by atoms with Gasteiger partial charge in [0, 0.05) is 5.56 Å². The van der Waals surface area contributed by atoms with Gasteiger partial charge in [0.05, 0.1) is 0 Å². The molecule has 0 saturated carbocycles. The summed E-state index contributed by atoms with van der Waals surface area (Å²) in [5, 5.41) is 0. The third kappa shape index (κ3) is 8.23. The monoisotopic (exact) mass is 750 g/mol. The van der Waals surface area contributed by atoms with E-state index in [0.717, 1.165) is 44.9 Å². The van der Waals surface area contributed by atoms with Crippen LogP contribution in [0.4, 0.5) is 0 Å². The molecule has 4 nitrogen and oxygen atoms in total. The Hall–Kier alpha value is -7.82. The maximum absolute atomic E-state index is 6.81. The summed E-state index contributed by atoms with van der Waals surface area (Å²) in [5.74, 6) is 5.22. The molecule has 0 saturated heterocycles. The summed E-state index contributed by atoms with van der Waals surface area (Å²) in [5.41, 5.74) is 8.47. The number of ether oxygens (including phenoxy) is 4. The van der Waals surface area contributed by atoms with Gasteiger partial charge in [-0.3, -0.25) is 0 Å². The fraction of sp³-hybridized carbons (Fsp3) is 0. The lowest BCUT2D eigenvalue weighted by molar-refractivity contribution is 0.395. The zero-order valence-electron chi connectivity index (χ0n) is 31.6. The highest BCUT2D eigenvalue weighted by Crippen LogP contribution is 2.46. The second-order valence-corrected chi connectivity index (χ2v) is 13.7. The number of benzene rings is 9. The van der Waals surface area contributed by atoms with Crippen LogP contribution in [0, 0.1) is 0 Å². The van der Waals surface area contributed by atoms with Crippen LogP contribution < -0.4 is 18.9 Å². The van der Waals surface area contributed by atoms with Crippen molar-refractivity contribution in [3.8, 4) is 90.5 Å². The average molecular weight is 751 g/mol. The molecule has 0 fully saturated rings. The van der Waals surface area contributed by atoms with Crippen molar-refractivity contribution in [2.75, 3.05) is 0 Å². The Morgan fingerprint density at radius 3 is 1.24 bits per heavy atom. The van der Waals surface area contributed by atoms with Crippen molar-refractivity contribution in [3.05, 3.63) is 231 Å². The first-order valence-electron chi connectivity index (χ1n) is 19.2. The normalized spacial score (nSPS) is 10.8. The summed E-state index contributed by atoms with van der Waals surface area (Å²) >= 11 is 0. The van der Waals surface area contributed by atoms with E-state index in [4.69, 9.17) is 18.9 Å². The van der Waals surface area contributed by atoms with Crippen molar-refractivity contribution in [3.63, 3.8) is 0 Å². The molecule has 0 aliphatic heterocycles. The van der Waals surface area contributed by atoms with E-state index in [1.54, 1.807) is 0 Å². The number of para-hydroxylation sites is 5. The highest BCUT2D eigenvalue weighted by atomic mass is 16.5. The SMILES string of the molecule is c1ccc(Oc2ccccc2Oc2c(Oc3ccccc3)cccc2-c2cccc(-c3cccc(Oc4cccc(-c5ccccc5-c5ccccc5)c4)c3)c2)cc1. The predicted octanol–water partition coefficient (Wildman–Crippen LogP) is 15.5. The van der Waals surface area contributed by atoms with Gasteiger partial charge in [-0.2, -0.15) is 0 Å². The van der Waals surface area contributed by atoms with E-state index in [1.807, 2.05) is 127 Å². The molecule has 0 amide bonds. The summed E-state index contributed by atoms with van der Waals surface area (Å²) in [6, 6.07) is 76.9. The maximum atomic E-state index is 6.81. The largest absolute Gasteiger partial charge is 0.457 e. The fourth-order valence-corrected chi connectivity index (χ4v) is 6.96. The van der Waals surface area contributed by atoms with E-state index in [9.17, 15) is 0 Å². The molecule has 0 N–H and O–H groups in total. The summed E-state index contributed by atoms with van der Waals surface area (Å²) in [7, 11) is 0. The molecular formula is C54H38O4. The molecule has 0 bridgehead atoms. The van der Waals surface area contributed by atoms with Crippen LogP contribution in [-0.4, -0.2) is 0 Å². The fourth-order valence-electron chi connectivity index (χ4n) is 6.96. The zero-order valence-corrected chi connectivity index (χ0v) is 31.6. The van der Waals surface area contributed by atoms with Crippen LogP contribution in [0.1, 0.15) is 0 Å². The molecule has 9 aromatic rings. The molecule has 9 aromatic carbocycles. The first kappa shape index (κ1) is 35.9. The average Bonchev–Trinajstić information content (AvgIpc) is 3.29. The third-order valence-corrected chi connectivity index (χ3v) is 9.72. The minimum atomic E-state index is 0.561. The van der Waals surface area contributed by atoms with E-state index in [1.165, 1.54) is 11.1 Å². The van der Waals surface area contributed by atoms with Crippen LogP contribution in [0.15, 0.2) is 231 Å². The first-order valence-corrected chi connectivity index (χ1v) is 19.2. The van der Waals surface area contributed by atoms with Gasteiger partial charge in [0.2, 0.25) is 0 Å². The molecule has 0 aliphatic rings. The Bertz CT molecular complexity index is 2780. The van der Waals surface area contributed by atoms with Gasteiger partial charge in [0.15, 0.2) is 23.0 Å². The van der Waals surface area contributed by atoms with Crippen molar-refractivity contribution in [2.45, 2.75) is 0 Å². The van der Waals surface area contributed by atoms with Gasteiger partial charge in [0.1, 0.15) is 23.0 Å². The lowest BCUT2D eigenvalue weighted by Gasteiger charge is -2.19. The molecular weight excluding hydrogens is 713 g/mol. The van der Waals surface area contributed by atoms with Crippen LogP contribution in [0.3, 0.4) is 0 Å². The van der Waals surface area contributed by atoms with Gasteiger partial charge in [0.25, 0.3) is 0 Å². The maximum Gasteiger partial charge on any atom is 0.177 e. The van der Waals surface area contributed by atoms with E-state index in [2.05, 4.69) is 103 Å². The Kier molecular flexibility index (Phi) is 10.5. The first-order chi connectivity index (χ1) is 28.7. The van der Waals surface area contributed by atoms with Crippen molar-refractivity contribution in [1.29, 1.82) is 0 Å². The molecule has 4 heteroatoms. The van der Waals surface area contributed by atoms with Gasteiger partial charge in [-0.05, 0) is 112 Å². The summed E-state index contributed by atoms with van der Waals surface area (Å²) in [6.45, 7) is 0. The molecule has 0 aromatic heterocycles. The van der Waals surface area contributed by atoms with E-state index in [0.29, 0.717) is 34.5 Å². The van der Waals surface area contributed by atoms with Gasteiger partial charge >= 0.3 is 0 Å². The zero-order chi connectivity index (χ0) is 38.9. The molecule has 58 heavy (non-hydrogen) atoms. The number of rotatable bonds is 12. The van der Waals surface area contributed by atoms with Gasteiger partial charge in [-0.15, -0.1) is 0 Å². The highest BCUT2D eigenvalue weighted by molar-refractivity contribution is 5.84. The lowest BCUT2D eigenvalue weighted by atomic mass is 9.94. The van der Waals surface area contributed by atoms with Crippen LogP contribution in [0.25, 0.3) is 44.5 Å². The van der Waals surface area contributed by atoms with Crippen LogP contribution >= 0.6 is 0 Å². The Labute approximate surface area is 338 Å². The molecule has 9 rings (SSSR count). The van der Waals surface area contributed by atoms with Gasteiger partial charge < -0.3 is 18.9 Å². The van der Waals surface area contributed by atoms with Crippen LogP contribution in [0.5, 0.6) is 46.0 Å². The number of hydrogen-bond acceptors (Lipinski definition) is 4. The smallest absolute Gasteiger partial charge is 0.177 e. The second-order valence-electron chi connectivity index (χ2n) is 13.7. The van der Waals surface area contributed by atoms with Gasteiger partial charge in [-0.25, -0.2) is 0 Å². The molecule has 0 atom stereocenters. The molecule has 0 heterocycles. The van der Waals surface area contributed by atoms with Crippen molar-refractivity contribution >= 4 is 0 Å². The Morgan fingerprint density at radius 2 is 0.586 bits per heavy atom. The van der Waals surface area contributed by atoms with E-state index in [-0.39, 0.29) is 0 Å². The van der Waals surface area contributed by atoms with E-state index >= 15 is 0 Å². The molecule has 0 unspecified atom stereocenters. The predicted molar refractivity (Wildman–Crippen MR) is 234 cm³/mol. The number of hydrogen-bond donors (Lipinski definition) is 0. The van der Waals surface area contributed by atoms with Crippen LogP contribution in [0.2, 0.25) is 0 Å². The molecule has 0 radical (unpaired) electrons. The Balaban J connectivity index is 1.03.